The number of aliphatic hydroxyl groups is 2. The van der Waals surface area contributed by atoms with Gasteiger partial charge in [-0.05, 0) is 19.4 Å². The zero-order valence-corrected chi connectivity index (χ0v) is 12.1. The summed E-state index contributed by atoms with van der Waals surface area (Å²) in [7, 11) is 1.50. The third-order valence-electron chi connectivity index (χ3n) is 2.77. The van der Waals surface area contributed by atoms with Gasteiger partial charge in [-0.1, -0.05) is 26.2 Å². The maximum atomic E-state index is 11.5. The molecule has 0 aliphatic carbocycles. The van der Waals surface area contributed by atoms with Crippen molar-refractivity contribution in [2.75, 3.05) is 13.7 Å². The SMILES string of the molecule is CCCCCC(O)C=CN([O-])NC(COC)C(C)O. The monoisotopic (exact) mass is 275 g/mol. The Labute approximate surface area is 115 Å². The van der Waals surface area contributed by atoms with Crippen LogP contribution in [-0.2, 0) is 4.74 Å². The van der Waals surface area contributed by atoms with Gasteiger partial charge >= 0.3 is 0 Å². The van der Waals surface area contributed by atoms with Crippen LogP contribution in [-0.4, -0.2) is 47.4 Å². The van der Waals surface area contributed by atoms with E-state index in [0.717, 1.165) is 19.3 Å². The van der Waals surface area contributed by atoms with Crippen LogP contribution >= 0.6 is 0 Å². The second-order valence-electron chi connectivity index (χ2n) is 4.66. The highest BCUT2D eigenvalue weighted by atomic mass is 16.5. The molecule has 0 saturated carbocycles. The molecule has 0 aromatic rings. The Morgan fingerprint density at radius 1 is 1.37 bits per heavy atom. The minimum Gasteiger partial charge on any atom is -0.744 e. The number of methoxy groups -OCH3 is 1. The van der Waals surface area contributed by atoms with E-state index >= 15 is 0 Å². The van der Waals surface area contributed by atoms with Gasteiger partial charge in [0.25, 0.3) is 0 Å². The smallest absolute Gasteiger partial charge is 0.0744 e. The number of nitrogens with one attached hydrogen (secondary N) is 1. The summed E-state index contributed by atoms with van der Waals surface area (Å²) in [6.07, 6.45) is 5.10. The average Bonchev–Trinajstić information content (AvgIpc) is 2.36. The van der Waals surface area contributed by atoms with Crippen LogP contribution in [0.5, 0.6) is 0 Å². The number of nitrogens with zero attached hydrogens (tertiary/aromatic N) is 1. The maximum absolute atomic E-state index is 11.5. The predicted molar refractivity (Wildman–Crippen MR) is 75.0 cm³/mol. The molecule has 0 amide bonds. The minimum atomic E-state index is -0.709. The molecular formula is C13H27N2O4-. The van der Waals surface area contributed by atoms with Crippen molar-refractivity contribution in [2.45, 2.75) is 57.8 Å². The van der Waals surface area contributed by atoms with Crippen LogP contribution in [0.1, 0.15) is 39.5 Å². The summed E-state index contributed by atoms with van der Waals surface area (Å²) in [4.78, 5) is 0. The molecule has 3 unspecified atom stereocenters. The molecule has 0 fully saturated rings. The quantitative estimate of drug-likeness (QED) is 0.387. The van der Waals surface area contributed by atoms with Gasteiger partial charge in [0.1, 0.15) is 0 Å². The molecule has 6 nitrogen and oxygen atoms in total. The fourth-order valence-electron chi connectivity index (χ4n) is 1.55. The van der Waals surface area contributed by atoms with Crippen molar-refractivity contribution in [3.05, 3.63) is 17.5 Å². The van der Waals surface area contributed by atoms with Crippen LogP contribution in [0.25, 0.3) is 0 Å². The number of aliphatic hydroxyl groups excluding tert-OH is 2. The number of ether oxygens (including phenoxy) is 1. The number of hydrazine groups is 1. The van der Waals surface area contributed by atoms with Gasteiger partial charge in [-0.25, -0.2) is 5.43 Å². The largest absolute Gasteiger partial charge is 0.744 e. The molecule has 0 aromatic carbocycles. The van der Waals surface area contributed by atoms with Crippen LogP contribution in [0.15, 0.2) is 12.3 Å². The Kier molecular flexibility index (Phi) is 10.8. The van der Waals surface area contributed by atoms with E-state index in [2.05, 4.69) is 12.3 Å². The Balaban J connectivity index is 4.02. The van der Waals surface area contributed by atoms with Crippen LogP contribution in [0.4, 0.5) is 0 Å². The molecule has 0 aliphatic rings. The number of rotatable bonds is 11. The molecular weight excluding hydrogens is 248 g/mol. The van der Waals surface area contributed by atoms with E-state index in [9.17, 15) is 15.4 Å². The summed E-state index contributed by atoms with van der Waals surface area (Å²) < 4.78 is 4.90. The van der Waals surface area contributed by atoms with Crippen molar-refractivity contribution in [3.63, 3.8) is 0 Å². The number of hydrogen-bond donors (Lipinski definition) is 3. The summed E-state index contributed by atoms with van der Waals surface area (Å²) >= 11 is 0. The first-order valence-corrected chi connectivity index (χ1v) is 6.77. The summed E-state index contributed by atoms with van der Waals surface area (Å²) in [5.74, 6) is 0. The molecule has 3 atom stereocenters. The molecule has 6 heteroatoms. The van der Waals surface area contributed by atoms with E-state index < -0.39 is 18.2 Å². The third-order valence-corrected chi connectivity index (χ3v) is 2.77. The summed E-state index contributed by atoms with van der Waals surface area (Å²) in [5, 5.41) is 31.0. The molecule has 114 valence electrons. The molecule has 0 saturated heterocycles. The van der Waals surface area contributed by atoms with Gasteiger partial charge in [-0.15, -0.1) is 0 Å². The van der Waals surface area contributed by atoms with Crippen LogP contribution in [0, 0.1) is 5.21 Å². The lowest BCUT2D eigenvalue weighted by molar-refractivity contribution is 0.0567. The van der Waals surface area contributed by atoms with E-state index in [-0.39, 0.29) is 6.61 Å². The van der Waals surface area contributed by atoms with Gasteiger partial charge in [0, 0.05) is 13.3 Å². The fraction of sp³-hybridized carbons (Fsp3) is 0.846. The Hall–Kier alpha value is -0.660. The molecule has 0 aliphatic heterocycles. The zero-order valence-electron chi connectivity index (χ0n) is 12.1. The van der Waals surface area contributed by atoms with Gasteiger partial charge in [-0.3, -0.25) is 0 Å². The number of unbranched alkanes of at least 4 members (excludes halogenated alkanes) is 2. The van der Waals surface area contributed by atoms with Gasteiger partial charge in [0.15, 0.2) is 0 Å². The van der Waals surface area contributed by atoms with Crippen LogP contribution < -0.4 is 5.43 Å². The normalized spacial score (nSPS) is 16.5. The molecule has 0 radical (unpaired) electrons. The Bertz CT molecular complexity index is 237. The number of hydrogen-bond acceptors (Lipinski definition) is 6. The molecule has 0 bridgehead atoms. The maximum Gasteiger partial charge on any atom is 0.0744 e. The van der Waals surface area contributed by atoms with Gasteiger partial charge in [-0.2, -0.15) is 0 Å². The van der Waals surface area contributed by atoms with E-state index in [4.69, 9.17) is 4.74 Å². The second-order valence-corrected chi connectivity index (χ2v) is 4.66. The Morgan fingerprint density at radius 2 is 2.05 bits per heavy atom. The second kappa shape index (κ2) is 11.2. The first-order valence-electron chi connectivity index (χ1n) is 6.77. The van der Waals surface area contributed by atoms with Crippen molar-refractivity contribution < 1.29 is 14.9 Å². The van der Waals surface area contributed by atoms with Gasteiger partial charge < -0.3 is 25.3 Å². The lowest BCUT2D eigenvalue weighted by Gasteiger charge is -2.33. The standard InChI is InChI=1S/C13H27N2O4/c1-4-5-6-7-12(17)8-9-15(18)14-13(10-19-3)11(2)16/h8-9,11-14,16-17H,4-7,10H2,1-3H3/q-1. The average molecular weight is 275 g/mol. The van der Waals surface area contributed by atoms with Crippen molar-refractivity contribution in [3.8, 4) is 0 Å². The Morgan fingerprint density at radius 3 is 2.58 bits per heavy atom. The molecule has 0 spiro atoms. The van der Waals surface area contributed by atoms with E-state index in [1.54, 1.807) is 6.92 Å². The highest BCUT2D eigenvalue weighted by molar-refractivity contribution is 4.89. The third kappa shape index (κ3) is 9.86. The molecule has 0 heterocycles. The first kappa shape index (κ1) is 18.3. The topological polar surface area (TPSA) is 88.0 Å². The van der Waals surface area contributed by atoms with E-state index in [1.807, 2.05) is 0 Å². The minimum absolute atomic E-state index is 0.225. The first-order chi connectivity index (χ1) is 9.01. The molecule has 3 N–H and O–H groups in total. The lowest BCUT2D eigenvalue weighted by Crippen LogP contribution is -2.47. The van der Waals surface area contributed by atoms with E-state index in [0.29, 0.717) is 11.6 Å². The van der Waals surface area contributed by atoms with Crippen molar-refractivity contribution in [1.29, 1.82) is 0 Å². The summed E-state index contributed by atoms with van der Waals surface area (Å²) in [5.41, 5.74) is 2.54. The molecule has 0 rings (SSSR count). The van der Waals surface area contributed by atoms with Gasteiger partial charge in [0.05, 0.1) is 24.9 Å². The molecule has 19 heavy (non-hydrogen) atoms. The predicted octanol–water partition coefficient (Wildman–Crippen LogP) is 1.14. The van der Waals surface area contributed by atoms with Crippen LogP contribution in [0.3, 0.4) is 0 Å². The van der Waals surface area contributed by atoms with Crippen LogP contribution in [0.2, 0.25) is 0 Å². The zero-order chi connectivity index (χ0) is 14.7. The van der Waals surface area contributed by atoms with Gasteiger partial charge in [0.2, 0.25) is 0 Å². The van der Waals surface area contributed by atoms with Crippen molar-refractivity contribution in [1.82, 2.24) is 10.6 Å². The van der Waals surface area contributed by atoms with E-state index in [1.165, 1.54) is 19.4 Å². The lowest BCUT2D eigenvalue weighted by atomic mass is 10.1. The highest BCUT2D eigenvalue weighted by Gasteiger charge is 2.13. The summed E-state index contributed by atoms with van der Waals surface area (Å²) in [6, 6.07) is -0.482. The number of hydroxylamine groups is 1. The van der Waals surface area contributed by atoms with Crippen molar-refractivity contribution in [2.24, 2.45) is 0 Å². The summed E-state index contributed by atoms with van der Waals surface area (Å²) in [6.45, 7) is 3.90. The fourth-order valence-corrected chi connectivity index (χ4v) is 1.55. The highest BCUT2D eigenvalue weighted by Crippen LogP contribution is 2.04. The van der Waals surface area contributed by atoms with Crippen molar-refractivity contribution >= 4 is 0 Å². The molecule has 0 aromatic heterocycles.